The number of hydrogen-bond donors (Lipinski definition) is 0. The molecule has 0 aromatic carbocycles. The maximum Gasteiger partial charge on any atom is 3.00 e. The zero-order valence-electron chi connectivity index (χ0n) is 69.1. The Labute approximate surface area is 657 Å². The number of hydrogen-bond acceptors (Lipinski definition) is 10. The van der Waals surface area contributed by atoms with E-state index in [1.54, 1.807) is 0 Å². The maximum absolute atomic E-state index is 10.2. The molecule has 0 rings (SSSR count). The van der Waals surface area contributed by atoms with E-state index in [-0.39, 0.29) is 66.5 Å². The summed E-state index contributed by atoms with van der Waals surface area (Å²) < 4.78 is 0. The SMILES string of the molecule is CCCCCCCCCCCCCCCCCC(=O)[O-].CCCCCCCCCCCCCCCCCC(=O)[O-].CCCCCCCCCCCCCCCCCC(=O)[O-].CCCCCCCCCCCCCCCCCC(=O)[O-].CCCCCCCCCCCCCCCCCC(=O)[O-].[Al+3].[Fe+2]. The van der Waals surface area contributed by atoms with E-state index < -0.39 is 29.8 Å². The first kappa shape index (κ1) is 114. The molecule has 0 aliphatic rings. The van der Waals surface area contributed by atoms with Crippen LogP contribution < -0.4 is 25.5 Å². The van der Waals surface area contributed by atoms with Gasteiger partial charge in [-0.1, -0.05) is 484 Å². The van der Waals surface area contributed by atoms with Crippen molar-refractivity contribution in [3.05, 3.63) is 0 Å². The van der Waals surface area contributed by atoms with Crippen LogP contribution in [0, 0.1) is 0 Å². The van der Waals surface area contributed by atoms with E-state index in [0.29, 0.717) is 0 Å². The van der Waals surface area contributed by atoms with E-state index in [1.807, 2.05) is 0 Å². The van der Waals surface area contributed by atoms with Crippen LogP contribution in [0.15, 0.2) is 0 Å². The van der Waals surface area contributed by atoms with E-state index in [1.165, 1.54) is 417 Å². The third-order valence-electron chi connectivity index (χ3n) is 19.9. The van der Waals surface area contributed by atoms with E-state index in [9.17, 15) is 49.5 Å². The van der Waals surface area contributed by atoms with Crippen LogP contribution >= 0.6 is 0 Å². The van der Waals surface area contributed by atoms with E-state index in [0.717, 1.165) is 64.2 Å². The second-order valence-electron chi connectivity index (χ2n) is 30.4. The predicted octanol–water partition coefficient (Wildman–Crippen LogP) is 24.6. The number of rotatable bonds is 80. The zero-order valence-corrected chi connectivity index (χ0v) is 71.3. The van der Waals surface area contributed by atoms with Crippen molar-refractivity contribution in [1.82, 2.24) is 0 Å². The average Bonchev–Trinajstić information content (AvgIpc) is 3.77. The van der Waals surface area contributed by atoms with Crippen molar-refractivity contribution in [1.29, 1.82) is 0 Å². The molecule has 606 valence electrons. The molecule has 0 saturated heterocycles. The Kier molecular flexibility index (Phi) is 123. The maximum atomic E-state index is 10.2. The largest absolute Gasteiger partial charge is 3.00 e. The number of carbonyl (C=O) groups excluding carboxylic acids is 5. The first-order chi connectivity index (χ1) is 48.9. The Hall–Kier alpha value is -1.60. The fraction of sp³-hybridized carbons (Fsp3) is 0.944. The fourth-order valence-corrected chi connectivity index (χ4v) is 13.2. The Morgan fingerprint density at radius 2 is 0.196 bits per heavy atom. The molecule has 0 fully saturated rings. The van der Waals surface area contributed by atoms with Gasteiger partial charge in [0.15, 0.2) is 0 Å². The van der Waals surface area contributed by atoms with Crippen LogP contribution in [-0.4, -0.2) is 47.2 Å². The summed E-state index contributed by atoms with van der Waals surface area (Å²) in [5.74, 6) is -4.52. The van der Waals surface area contributed by atoms with Crippen molar-refractivity contribution < 1.29 is 66.6 Å². The molecule has 0 radical (unpaired) electrons. The number of carbonyl (C=O) groups is 5. The molecule has 0 aromatic heterocycles. The summed E-state index contributed by atoms with van der Waals surface area (Å²) in [5, 5.41) is 51.1. The Balaban J connectivity index is -0.000000220. The molecule has 12 heteroatoms. The molecule has 0 aliphatic carbocycles. The van der Waals surface area contributed by atoms with Gasteiger partial charge < -0.3 is 49.5 Å². The number of carboxylic acid groups (broad SMARTS) is 5. The molecule has 0 bridgehead atoms. The van der Waals surface area contributed by atoms with Gasteiger partial charge in [0, 0.05) is 29.8 Å². The summed E-state index contributed by atoms with van der Waals surface area (Å²) in [6.07, 6.45) is 99.3. The van der Waals surface area contributed by atoms with Crippen LogP contribution in [0.1, 0.15) is 548 Å². The third kappa shape index (κ3) is 134. The van der Waals surface area contributed by atoms with Gasteiger partial charge in [0.05, 0.1) is 0 Å². The molecule has 0 aromatic rings. The summed E-state index contributed by atoms with van der Waals surface area (Å²) in [4.78, 5) is 51.1. The molecule has 0 saturated carbocycles. The van der Waals surface area contributed by atoms with Crippen molar-refractivity contribution in [3.63, 3.8) is 0 Å². The molecular weight excluding hydrogens is 1320 g/mol. The number of unbranched alkanes of at least 4 members (excludes halogenated alkanes) is 70. The Bertz CT molecular complexity index is 1280. The van der Waals surface area contributed by atoms with E-state index in [4.69, 9.17) is 0 Å². The first-order valence-corrected chi connectivity index (χ1v) is 44.8. The minimum absolute atomic E-state index is 0. The summed E-state index contributed by atoms with van der Waals surface area (Å²) in [6.45, 7) is 11.3. The van der Waals surface area contributed by atoms with Crippen molar-refractivity contribution in [2.75, 3.05) is 0 Å². The molecule has 0 aliphatic heterocycles. The molecule has 0 atom stereocenters. The van der Waals surface area contributed by atoms with Crippen molar-refractivity contribution in [3.8, 4) is 0 Å². The Morgan fingerprint density at radius 3 is 0.255 bits per heavy atom. The van der Waals surface area contributed by atoms with Gasteiger partial charge in [-0.3, -0.25) is 0 Å². The van der Waals surface area contributed by atoms with Crippen LogP contribution in [-0.2, 0) is 41.0 Å². The quantitative estimate of drug-likeness (QED) is 0.0417. The van der Waals surface area contributed by atoms with Gasteiger partial charge in [0.1, 0.15) is 0 Å². The van der Waals surface area contributed by atoms with E-state index in [2.05, 4.69) is 34.6 Å². The van der Waals surface area contributed by atoms with Crippen LogP contribution in [0.3, 0.4) is 0 Å². The second-order valence-corrected chi connectivity index (χ2v) is 30.4. The minimum Gasteiger partial charge on any atom is -0.550 e. The molecule has 0 spiro atoms. The fourth-order valence-electron chi connectivity index (χ4n) is 13.2. The Morgan fingerprint density at radius 1 is 0.137 bits per heavy atom. The van der Waals surface area contributed by atoms with E-state index >= 15 is 0 Å². The third-order valence-corrected chi connectivity index (χ3v) is 19.9. The second kappa shape index (κ2) is 110. The number of carboxylic acids is 5. The number of aliphatic carboxylic acids is 5. The van der Waals surface area contributed by atoms with Crippen molar-refractivity contribution in [2.24, 2.45) is 0 Å². The normalized spacial score (nSPS) is 10.6. The molecular formula is C90H175AlFeO10. The average molecular weight is 1500 g/mol. The van der Waals surface area contributed by atoms with Crippen LogP contribution in [0.5, 0.6) is 0 Å². The standard InChI is InChI=1S/5C18H36O2.Al.Fe/c5*1-2-3-4-5-6-7-8-9-10-11-12-13-14-15-16-17-18(19)20;;/h5*2-17H2,1H3,(H,19,20);;/q;;;;;+3;+2/p-5. The van der Waals surface area contributed by atoms with Gasteiger partial charge in [-0.05, 0) is 64.2 Å². The molecule has 102 heavy (non-hydrogen) atoms. The summed E-state index contributed by atoms with van der Waals surface area (Å²) in [7, 11) is 0. The van der Waals surface area contributed by atoms with Gasteiger partial charge in [-0.2, -0.15) is 0 Å². The van der Waals surface area contributed by atoms with Gasteiger partial charge >= 0.3 is 34.4 Å². The van der Waals surface area contributed by atoms with Gasteiger partial charge in [-0.15, -0.1) is 0 Å². The van der Waals surface area contributed by atoms with Crippen LogP contribution in [0.2, 0.25) is 0 Å². The first-order valence-electron chi connectivity index (χ1n) is 44.8. The zero-order chi connectivity index (χ0) is 74.5. The minimum atomic E-state index is -0.903. The van der Waals surface area contributed by atoms with Gasteiger partial charge in [-0.25, -0.2) is 0 Å². The van der Waals surface area contributed by atoms with Crippen molar-refractivity contribution in [2.45, 2.75) is 548 Å². The monoisotopic (exact) mass is 1500 g/mol. The summed E-state index contributed by atoms with van der Waals surface area (Å²) >= 11 is 0. The molecule has 0 heterocycles. The van der Waals surface area contributed by atoms with Crippen LogP contribution in [0.25, 0.3) is 0 Å². The van der Waals surface area contributed by atoms with Gasteiger partial charge in [0.25, 0.3) is 0 Å². The van der Waals surface area contributed by atoms with Crippen molar-refractivity contribution >= 4 is 47.2 Å². The smallest absolute Gasteiger partial charge is 0.550 e. The predicted molar refractivity (Wildman–Crippen MR) is 429 cm³/mol. The summed E-state index contributed by atoms with van der Waals surface area (Å²) in [6, 6.07) is 0. The molecule has 0 N–H and O–H groups in total. The topological polar surface area (TPSA) is 201 Å². The summed E-state index contributed by atoms with van der Waals surface area (Å²) in [5.41, 5.74) is 0. The van der Waals surface area contributed by atoms with Gasteiger partial charge in [0.2, 0.25) is 0 Å². The molecule has 0 unspecified atom stereocenters. The molecule has 0 amide bonds. The van der Waals surface area contributed by atoms with Crippen LogP contribution in [0.4, 0.5) is 0 Å². The molecule has 10 nitrogen and oxygen atoms in total.